The molecule has 0 aliphatic heterocycles. The maximum absolute atomic E-state index is 13.8. The summed E-state index contributed by atoms with van der Waals surface area (Å²) in [5.41, 5.74) is 2.06. The molecule has 9 heteroatoms. The van der Waals surface area contributed by atoms with E-state index in [1.165, 1.54) is 4.90 Å². The molecule has 0 saturated heterocycles. The van der Waals surface area contributed by atoms with E-state index in [0.29, 0.717) is 16.8 Å². The largest absolute Gasteiger partial charge is 0.406 e. The van der Waals surface area contributed by atoms with Crippen LogP contribution in [-0.4, -0.2) is 33.7 Å². The van der Waals surface area contributed by atoms with Crippen molar-refractivity contribution in [1.82, 2.24) is 4.72 Å². The van der Waals surface area contributed by atoms with E-state index in [4.69, 9.17) is 5.26 Å². The first-order valence-electron chi connectivity index (χ1n) is 9.29. The van der Waals surface area contributed by atoms with Crippen LogP contribution < -0.4 is 9.62 Å². The van der Waals surface area contributed by atoms with Crippen LogP contribution >= 0.6 is 0 Å². The average molecular weight is 440 g/mol. The van der Waals surface area contributed by atoms with Gasteiger partial charge in [0.2, 0.25) is 10.0 Å². The molecule has 1 N–H and O–H groups in total. The van der Waals surface area contributed by atoms with E-state index in [2.05, 4.69) is 0 Å². The summed E-state index contributed by atoms with van der Waals surface area (Å²) < 4.78 is 69.1. The number of nitrogens with zero attached hydrogens (tertiary/aromatic N) is 2. The zero-order valence-electron chi connectivity index (χ0n) is 17.0. The standard InChI is InChI=1S/C21H24F3N3O2S/c1-15-12-16(2)20(17(3)13-15)30(28,29)26-19(21(22,23)24)14-27(11-7-10-25)18-8-5-4-6-9-18/h4-6,8-9,12-13,19,26H,7,11,14H2,1-3H3. The van der Waals surface area contributed by atoms with Crippen LogP contribution in [0.15, 0.2) is 47.4 Å². The van der Waals surface area contributed by atoms with Crippen LogP contribution in [-0.2, 0) is 10.0 Å². The molecule has 0 spiro atoms. The molecule has 0 aliphatic rings. The number of nitrogens with one attached hydrogen (secondary N) is 1. The molecule has 2 rings (SSSR count). The van der Waals surface area contributed by atoms with E-state index in [1.807, 2.05) is 10.8 Å². The lowest BCUT2D eigenvalue weighted by molar-refractivity contribution is -0.149. The molecule has 30 heavy (non-hydrogen) atoms. The van der Waals surface area contributed by atoms with Gasteiger partial charge in [0.15, 0.2) is 0 Å². The summed E-state index contributed by atoms with van der Waals surface area (Å²) in [6.45, 7) is 4.28. The summed E-state index contributed by atoms with van der Waals surface area (Å²) in [5.74, 6) is 0. The maximum atomic E-state index is 13.8. The molecule has 1 unspecified atom stereocenters. The van der Waals surface area contributed by atoms with Crippen LogP contribution in [0.4, 0.5) is 18.9 Å². The Morgan fingerprint density at radius 1 is 1.10 bits per heavy atom. The van der Waals surface area contributed by atoms with Gasteiger partial charge in [0, 0.05) is 18.8 Å². The number of para-hydroxylation sites is 1. The molecule has 0 aliphatic carbocycles. The minimum Gasteiger partial charge on any atom is -0.369 e. The molecular formula is C21H24F3N3O2S. The fourth-order valence-corrected chi connectivity index (χ4v) is 5.08. The van der Waals surface area contributed by atoms with Crippen LogP contribution in [0.25, 0.3) is 0 Å². The van der Waals surface area contributed by atoms with Crippen molar-refractivity contribution < 1.29 is 21.6 Å². The third-order valence-electron chi connectivity index (χ3n) is 4.58. The van der Waals surface area contributed by atoms with Crippen LogP contribution in [0.1, 0.15) is 23.1 Å². The summed E-state index contributed by atoms with van der Waals surface area (Å²) in [4.78, 5) is 1.21. The molecule has 2 aromatic rings. The molecule has 0 saturated carbocycles. The first-order valence-corrected chi connectivity index (χ1v) is 10.8. The third-order valence-corrected chi connectivity index (χ3v) is 6.36. The normalized spacial score (nSPS) is 13.0. The average Bonchev–Trinajstić information content (AvgIpc) is 2.62. The molecule has 0 aromatic heterocycles. The topological polar surface area (TPSA) is 73.2 Å². The van der Waals surface area contributed by atoms with E-state index >= 15 is 0 Å². The lowest BCUT2D eigenvalue weighted by atomic mass is 10.1. The Bertz CT molecular complexity index is 993. The highest BCUT2D eigenvalue weighted by Crippen LogP contribution is 2.27. The summed E-state index contributed by atoms with van der Waals surface area (Å²) in [5, 5.41) is 8.86. The summed E-state index contributed by atoms with van der Waals surface area (Å²) >= 11 is 0. The van der Waals surface area contributed by atoms with Crippen LogP contribution in [0.3, 0.4) is 0 Å². The minimum atomic E-state index is -4.82. The molecule has 0 heterocycles. The predicted molar refractivity (Wildman–Crippen MR) is 110 cm³/mol. The van der Waals surface area contributed by atoms with Crippen molar-refractivity contribution >= 4 is 15.7 Å². The van der Waals surface area contributed by atoms with E-state index in [-0.39, 0.29) is 17.9 Å². The number of anilines is 1. The van der Waals surface area contributed by atoms with E-state index in [0.717, 1.165) is 5.56 Å². The van der Waals surface area contributed by atoms with Crippen molar-refractivity contribution in [2.45, 2.75) is 44.3 Å². The van der Waals surface area contributed by atoms with Gasteiger partial charge >= 0.3 is 6.18 Å². The minimum absolute atomic E-state index is 0.00238. The first kappa shape index (κ1) is 23.7. The van der Waals surface area contributed by atoms with Gasteiger partial charge < -0.3 is 4.90 Å². The quantitative estimate of drug-likeness (QED) is 0.668. The van der Waals surface area contributed by atoms with Crippen LogP contribution in [0.2, 0.25) is 0 Å². The molecule has 1 atom stereocenters. The monoisotopic (exact) mass is 439 g/mol. The Labute approximate surface area is 175 Å². The molecule has 162 valence electrons. The van der Waals surface area contributed by atoms with Gasteiger partial charge in [-0.1, -0.05) is 35.9 Å². The van der Waals surface area contributed by atoms with Gasteiger partial charge in [-0.25, -0.2) is 8.42 Å². The van der Waals surface area contributed by atoms with Gasteiger partial charge in [0.25, 0.3) is 0 Å². The lowest BCUT2D eigenvalue weighted by Gasteiger charge is -2.30. The molecule has 0 fully saturated rings. The first-order chi connectivity index (χ1) is 14.0. The number of nitriles is 1. The van der Waals surface area contributed by atoms with Crippen molar-refractivity contribution in [2.75, 3.05) is 18.0 Å². The highest BCUT2D eigenvalue weighted by molar-refractivity contribution is 7.89. The van der Waals surface area contributed by atoms with Crippen LogP contribution in [0.5, 0.6) is 0 Å². The van der Waals surface area contributed by atoms with Crippen molar-refractivity contribution in [3.8, 4) is 6.07 Å². The van der Waals surface area contributed by atoms with Gasteiger partial charge in [-0.3, -0.25) is 0 Å². The number of aryl methyl sites for hydroxylation is 3. The van der Waals surface area contributed by atoms with Crippen molar-refractivity contribution in [2.24, 2.45) is 0 Å². The number of sulfonamides is 1. The fourth-order valence-electron chi connectivity index (χ4n) is 3.41. The molecular weight excluding hydrogens is 415 g/mol. The Morgan fingerprint density at radius 2 is 1.67 bits per heavy atom. The van der Waals surface area contributed by atoms with Gasteiger partial charge in [-0.05, 0) is 44.0 Å². The van der Waals surface area contributed by atoms with Gasteiger partial charge in [0.05, 0.1) is 17.4 Å². The van der Waals surface area contributed by atoms with Crippen molar-refractivity contribution in [3.63, 3.8) is 0 Å². The Hall–Kier alpha value is -2.57. The zero-order valence-corrected chi connectivity index (χ0v) is 17.8. The Morgan fingerprint density at radius 3 is 2.17 bits per heavy atom. The number of rotatable bonds is 8. The van der Waals surface area contributed by atoms with Gasteiger partial charge in [-0.2, -0.15) is 23.2 Å². The number of alkyl halides is 3. The molecule has 5 nitrogen and oxygen atoms in total. The zero-order chi connectivity index (χ0) is 22.5. The second-order valence-corrected chi connectivity index (χ2v) is 8.78. The molecule has 0 bridgehead atoms. The Balaban J connectivity index is 2.39. The van der Waals surface area contributed by atoms with Gasteiger partial charge in [-0.15, -0.1) is 0 Å². The van der Waals surface area contributed by atoms with E-state index in [9.17, 15) is 21.6 Å². The highest BCUT2D eigenvalue weighted by atomic mass is 32.2. The maximum Gasteiger partial charge on any atom is 0.406 e. The SMILES string of the molecule is Cc1cc(C)c(S(=O)(=O)NC(CN(CCC#N)c2ccccc2)C(F)(F)F)c(C)c1. The van der Waals surface area contributed by atoms with Gasteiger partial charge in [0.1, 0.15) is 6.04 Å². The van der Waals surface area contributed by atoms with Crippen molar-refractivity contribution in [1.29, 1.82) is 5.26 Å². The summed E-state index contributed by atoms with van der Waals surface area (Å²) in [6.07, 6.45) is -4.82. The Kier molecular flexibility index (Phi) is 7.50. The van der Waals surface area contributed by atoms with E-state index in [1.54, 1.807) is 63.2 Å². The molecule has 2 aromatic carbocycles. The third kappa shape index (κ3) is 5.97. The number of halogens is 3. The number of hydrogen-bond acceptors (Lipinski definition) is 4. The summed E-state index contributed by atoms with van der Waals surface area (Å²) in [7, 11) is -4.43. The highest BCUT2D eigenvalue weighted by Gasteiger charge is 2.43. The molecule has 0 amide bonds. The number of hydrogen-bond donors (Lipinski definition) is 1. The second-order valence-electron chi connectivity index (χ2n) is 7.13. The smallest absolute Gasteiger partial charge is 0.369 e. The second kappa shape index (κ2) is 9.49. The molecule has 0 radical (unpaired) electrons. The van der Waals surface area contributed by atoms with E-state index < -0.39 is 28.8 Å². The number of benzene rings is 2. The summed E-state index contributed by atoms with van der Waals surface area (Å²) in [6, 6.07) is 11.1. The van der Waals surface area contributed by atoms with Crippen molar-refractivity contribution in [3.05, 3.63) is 59.2 Å². The van der Waals surface area contributed by atoms with Crippen LogP contribution in [0, 0.1) is 32.1 Å². The fraction of sp³-hybridized carbons (Fsp3) is 0.381. The lowest BCUT2D eigenvalue weighted by Crippen LogP contribution is -2.52. The predicted octanol–water partition coefficient (Wildman–Crippen LogP) is 4.24.